The number of nitrogens with one attached hydrogen (secondary N) is 2. The number of halogens is 2. The fraction of sp³-hybridized carbons (Fsp3) is 0.350. The van der Waals surface area contributed by atoms with Crippen LogP contribution in [-0.2, 0) is 6.54 Å². The van der Waals surface area contributed by atoms with E-state index in [1.807, 2.05) is 43.3 Å². The molecule has 3 N–H and O–H groups in total. The second-order valence-electron chi connectivity index (χ2n) is 5.95. The predicted octanol–water partition coefficient (Wildman–Crippen LogP) is 3.58. The molecule has 0 heterocycles. The Hall–Kier alpha value is -1.67. The lowest BCUT2D eigenvalue weighted by Gasteiger charge is -2.18. The van der Waals surface area contributed by atoms with Crippen LogP contribution in [0.15, 0.2) is 53.5 Å². The van der Waals surface area contributed by atoms with E-state index in [2.05, 4.69) is 15.6 Å². The third kappa shape index (κ3) is 6.92. The number of guanidine groups is 1. The lowest BCUT2D eigenvalue weighted by molar-refractivity contribution is 0.265. The summed E-state index contributed by atoms with van der Waals surface area (Å²) in [6, 6.07) is 14.9. The maximum Gasteiger partial charge on any atom is 0.191 e. The van der Waals surface area contributed by atoms with E-state index in [0.29, 0.717) is 24.6 Å². The van der Waals surface area contributed by atoms with Crippen molar-refractivity contribution >= 4 is 29.9 Å². The molecule has 0 aliphatic carbocycles. The Labute approximate surface area is 172 Å². The fourth-order valence-electron chi connectivity index (χ4n) is 2.55. The van der Waals surface area contributed by atoms with Gasteiger partial charge < -0.3 is 15.7 Å². The van der Waals surface area contributed by atoms with E-state index in [0.717, 1.165) is 17.7 Å². The van der Waals surface area contributed by atoms with E-state index in [9.17, 15) is 9.50 Å². The molecule has 0 aromatic heterocycles. The molecule has 1 atom stereocenters. The zero-order chi connectivity index (χ0) is 18.1. The number of aliphatic hydroxyl groups is 1. The van der Waals surface area contributed by atoms with Crippen molar-refractivity contribution in [3.8, 4) is 0 Å². The Morgan fingerprint density at radius 1 is 1.15 bits per heavy atom. The maximum atomic E-state index is 13.3. The lowest BCUT2D eigenvalue weighted by Crippen LogP contribution is -2.39. The molecule has 0 saturated heterocycles. The number of hydrogen-bond donors (Lipinski definition) is 3. The van der Waals surface area contributed by atoms with Crippen LogP contribution in [0.2, 0.25) is 0 Å². The molecule has 0 saturated carbocycles. The molecule has 6 heteroatoms. The zero-order valence-corrected chi connectivity index (χ0v) is 17.5. The molecule has 4 nitrogen and oxygen atoms in total. The van der Waals surface area contributed by atoms with Gasteiger partial charge in [-0.05, 0) is 36.6 Å². The van der Waals surface area contributed by atoms with Crippen molar-refractivity contribution in [1.82, 2.24) is 10.6 Å². The minimum atomic E-state index is -0.202. The Morgan fingerprint density at radius 2 is 1.88 bits per heavy atom. The molecule has 142 valence electrons. The first-order chi connectivity index (χ1) is 12.1. The van der Waals surface area contributed by atoms with Gasteiger partial charge in [-0.15, -0.1) is 24.0 Å². The standard InChI is InChI=1S/C20H26FN3O.HI/c1-3-22-20(23-12-16-9-10-19(21)15(2)11-16)24-13-18(14-25)17-7-5-4-6-8-17;/h4-11,18,25H,3,12-14H2,1-2H3,(H2,22,23,24);1H. The molecule has 0 radical (unpaired) electrons. The number of hydrogen-bond acceptors (Lipinski definition) is 2. The molecule has 0 fully saturated rings. The van der Waals surface area contributed by atoms with Crippen molar-refractivity contribution in [2.75, 3.05) is 19.7 Å². The Bertz CT molecular complexity index is 695. The number of benzene rings is 2. The van der Waals surface area contributed by atoms with Crippen LogP contribution in [0.4, 0.5) is 4.39 Å². The number of aryl methyl sites for hydroxylation is 1. The van der Waals surface area contributed by atoms with Crippen molar-refractivity contribution < 1.29 is 9.50 Å². The Kier molecular flexibility index (Phi) is 10.2. The molecular formula is C20H27FIN3O. The maximum absolute atomic E-state index is 13.3. The molecule has 0 aliphatic rings. The van der Waals surface area contributed by atoms with Crippen LogP contribution in [0.5, 0.6) is 0 Å². The van der Waals surface area contributed by atoms with Crippen LogP contribution in [0.25, 0.3) is 0 Å². The number of rotatable bonds is 7. The van der Waals surface area contributed by atoms with Gasteiger partial charge >= 0.3 is 0 Å². The van der Waals surface area contributed by atoms with Crippen molar-refractivity contribution in [2.24, 2.45) is 4.99 Å². The second kappa shape index (κ2) is 11.9. The second-order valence-corrected chi connectivity index (χ2v) is 5.95. The van der Waals surface area contributed by atoms with Gasteiger partial charge in [0.05, 0.1) is 13.2 Å². The summed E-state index contributed by atoms with van der Waals surface area (Å²) in [5, 5.41) is 16.1. The summed E-state index contributed by atoms with van der Waals surface area (Å²) in [6.45, 7) is 5.59. The van der Waals surface area contributed by atoms with E-state index < -0.39 is 0 Å². The molecular weight excluding hydrogens is 444 g/mol. The van der Waals surface area contributed by atoms with E-state index in [1.54, 1.807) is 13.0 Å². The highest BCUT2D eigenvalue weighted by atomic mass is 127. The summed E-state index contributed by atoms with van der Waals surface area (Å²) in [5.74, 6) is 0.475. The highest BCUT2D eigenvalue weighted by molar-refractivity contribution is 14.0. The monoisotopic (exact) mass is 471 g/mol. The van der Waals surface area contributed by atoms with E-state index >= 15 is 0 Å². The first-order valence-electron chi connectivity index (χ1n) is 8.57. The molecule has 2 aromatic rings. The summed E-state index contributed by atoms with van der Waals surface area (Å²) in [4.78, 5) is 4.54. The molecule has 1 unspecified atom stereocenters. The number of aliphatic imine (C=N–C) groups is 1. The third-order valence-electron chi connectivity index (χ3n) is 3.99. The van der Waals surface area contributed by atoms with Crippen LogP contribution in [0.3, 0.4) is 0 Å². The molecule has 0 spiro atoms. The SMILES string of the molecule is CCNC(=NCc1ccc(F)c(C)c1)NCC(CO)c1ccccc1.I. The molecule has 0 aliphatic heterocycles. The van der Waals surface area contributed by atoms with Crippen LogP contribution in [0.1, 0.15) is 29.5 Å². The van der Waals surface area contributed by atoms with Crippen molar-refractivity contribution in [3.05, 3.63) is 71.0 Å². The topological polar surface area (TPSA) is 56.7 Å². The van der Waals surface area contributed by atoms with Gasteiger partial charge in [0.2, 0.25) is 0 Å². The van der Waals surface area contributed by atoms with E-state index in [-0.39, 0.29) is 42.3 Å². The van der Waals surface area contributed by atoms with Gasteiger partial charge in [0.25, 0.3) is 0 Å². The molecule has 26 heavy (non-hydrogen) atoms. The van der Waals surface area contributed by atoms with Crippen LogP contribution < -0.4 is 10.6 Å². The number of aliphatic hydroxyl groups excluding tert-OH is 1. The quantitative estimate of drug-likeness (QED) is 0.329. The lowest BCUT2D eigenvalue weighted by atomic mass is 10.0. The fourth-order valence-corrected chi connectivity index (χ4v) is 2.55. The highest BCUT2D eigenvalue weighted by Gasteiger charge is 2.10. The van der Waals surface area contributed by atoms with E-state index in [4.69, 9.17) is 0 Å². The smallest absolute Gasteiger partial charge is 0.191 e. The predicted molar refractivity (Wildman–Crippen MR) is 116 cm³/mol. The van der Waals surface area contributed by atoms with Crippen molar-refractivity contribution in [1.29, 1.82) is 0 Å². The summed E-state index contributed by atoms with van der Waals surface area (Å²) < 4.78 is 13.3. The average molecular weight is 471 g/mol. The Morgan fingerprint density at radius 3 is 2.50 bits per heavy atom. The largest absolute Gasteiger partial charge is 0.396 e. The highest BCUT2D eigenvalue weighted by Crippen LogP contribution is 2.13. The first-order valence-corrected chi connectivity index (χ1v) is 8.57. The van der Waals surface area contributed by atoms with Gasteiger partial charge in [-0.3, -0.25) is 0 Å². The van der Waals surface area contributed by atoms with Gasteiger partial charge in [-0.2, -0.15) is 0 Å². The molecule has 0 amide bonds. The van der Waals surface area contributed by atoms with Gasteiger partial charge in [0.15, 0.2) is 5.96 Å². The molecule has 0 bridgehead atoms. The van der Waals surface area contributed by atoms with Crippen LogP contribution in [-0.4, -0.2) is 30.8 Å². The summed E-state index contributed by atoms with van der Waals surface area (Å²) >= 11 is 0. The van der Waals surface area contributed by atoms with Crippen molar-refractivity contribution in [2.45, 2.75) is 26.3 Å². The van der Waals surface area contributed by atoms with Crippen LogP contribution >= 0.6 is 24.0 Å². The Balaban J connectivity index is 0.00000338. The minimum Gasteiger partial charge on any atom is -0.396 e. The summed E-state index contributed by atoms with van der Waals surface area (Å²) in [5.41, 5.74) is 2.66. The average Bonchev–Trinajstić information content (AvgIpc) is 2.63. The first kappa shape index (κ1) is 22.4. The molecule has 2 aromatic carbocycles. The van der Waals surface area contributed by atoms with Gasteiger partial charge in [-0.1, -0.05) is 42.5 Å². The summed E-state index contributed by atoms with van der Waals surface area (Å²) in [7, 11) is 0. The molecule has 2 rings (SSSR count). The minimum absolute atomic E-state index is 0. The van der Waals surface area contributed by atoms with Gasteiger partial charge in [-0.25, -0.2) is 9.38 Å². The zero-order valence-electron chi connectivity index (χ0n) is 15.2. The van der Waals surface area contributed by atoms with Gasteiger partial charge in [0.1, 0.15) is 5.82 Å². The number of nitrogens with zero attached hydrogens (tertiary/aromatic N) is 1. The van der Waals surface area contributed by atoms with Crippen LogP contribution in [0, 0.1) is 12.7 Å². The third-order valence-corrected chi connectivity index (χ3v) is 3.99. The van der Waals surface area contributed by atoms with Crippen molar-refractivity contribution in [3.63, 3.8) is 0 Å². The summed E-state index contributed by atoms with van der Waals surface area (Å²) in [6.07, 6.45) is 0. The van der Waals surface area contributed by atoms with E-state index in [1.165, 1.54) is 6.07 Å². The van der Waals surface area contributed by atoms with Gasteiger partial charge in [0, 0.05) is 19.0 Å². The normalized spacial score (nSPS) is 12.2.